The van der Waals surface area contributed by atoms with Crippen LogP contribution in [0.5, 0.6) is 0 Å². The second-order valence-corrected chi connectivity index (χ2v) is 5.16. The van der Waals surface area contributed by atoms with E-state index in [2.05, 4.69) is 5.32 Å². The Balaban J connectivity index is 1.65. The van der Waals surface area contributed by atoms with Crippen LogP contribution in [-0.2, 0) is 4.74 Å². The molecule has 4 heteroatoms. The molecule has 1 aliphatic heterocycles. The summed E-state index contributed by atoms with van der Waals surface area (Å²) in [5.74, 6) is 0. The van der Waals surface area contributed by atoms with Gasteiger partial charge in [-0.05, 0) is 25.7 Å². The molecule has 4 nitrogen and oxygen atoms in total. The first-order valence-corrected chi connectivity index (χ1v) is 6.42. The SMILES string of the molecule is OCC(O)CNCC1CCC2(CCCC2)O1. The van der Waals surface area contributed by atoms with Gasteiger partial charge >= 0.3 is 0 Å². The molecule has 1 spiro atoms. The smallest absolute Gasteiger partial charge is 0.0894 e. The lowest BCUT2D eigenvalue weighted by Gasteiger charge is -2.24. The average Bonchev–Trinajstić information content (AvgIpc) is 2.90. The molecule has 1 saturated heterocycles. The lowest BCUT2D eigenvalue weighted by molar-refractivity contribution is -0.0360. The quantitative estimate of drug-likeness (QED) is 0.639. The molecular formula is C12H23NO3. The predicted octanol–water partition coefficient (Wildman–Crippen LogP) is 0.421. The average molecular weight is 229 g/mol. The lowest BCUT2D eigenvalue weighted by Crippen LogP contribution is -2.36. The Morgan fingerprint density at radius 3 is 2.75 bits per heavy atom. The highest BCUT2D eigenvalue weighted by Crippen LogP contribution is 2.43. The van der Waals surface area contributed by atoms with Crippen LogP contribution in [0.1, 0.15) is 38.5 Å². The number of hydrogen-bond donors (Lipinski definition) is 3. The summed E-state index contributed by atoms with van der Waals surface area (Å²) < 4.78 is 6.12. The summed E-state index contributed by atoms with van der Waals surface area (Å²) in [6, 6.07) is 0. The zero-order chi connectivity index (χ0) is 11.4. The van der Waals surface area contributed by atoms with Crippen molar-refractivity contribution in [3.63, 3.8) is 0 Å². The molecule has 0 radical (unpaired) electrons. The fraction of sp³-hybridized carbons (Fsp3) is 1.00. The molecule has 0 aromatic carbocycles. The van der Waals surface area contributed by atoms with Crippen LogP contribution < -0.4 is 5.32 Å². The van der Waals surface area contributed by atoms with Crippen molar-refractivity contribution in [3.8, 4) is 0 Å². The van der Waals surface area contributed by atoms with Crippen molar-refractivity contribution in [1.82, 2.24) is 5.32 Å². The van der Waals surface area contributed by atoms with Gasteiger partial charge in [0.1, 0.15) is 0 Å². The standard InChI is InChI=1S/C12H23NO3/c14-9-10(15)7-13-8-11-3-6-12(16-11)4-1-2-5-12/h10-11,13-15H,1-9H2. The van der Waals surface area contributed by atoms with E-state index in [0.717, 1.165) is 13.0 Å². The summed E-state index contributed by atoms with van der Waals surface area (Å²) >= 11 is 0. The van der Waals surface area contributed by atoms with E-state index in [9.17, 15) is 5.11 Å². The molecule has 1 aliphatic carbocycles. The largest absolute Gasteiger partial charge is 0.394 e. The number of rotatable bonds is 5. The normalized spacial score (nSPS) is 30.0. The van der Waals surface area contributed by atoms with E-state index in [0.29, 0.717) is 12.6 Å². The summed E-state index contributed by atoms with van der Waals surface area (Å²) in [4.78, 5) is 0. The molecule has 1 saturated carbocycles. The van der Waals surface area contributed by atoms with Gasteiger partial charge in [0.2, 0.25) is 0 Å². The summed E-state index contributed by atoms with van der Waals surface area (Å²) in [7, 11) is 0. The van der Waals surface area contributed by atoms with Gasteiger partial charge in [0, 0.05) is 13.1 Å². The lowest BCUT2D eigenvalue weighted by atomic mass is 9.98. The summed E-state index contributed by atoms with van der Waals surface area (Å²) in [5.41, 5.74) is 0.196. The van der Waals surface area contributed by atoms with Crippen LogP contribution in [0.4, 0.5) is 0 Å². The monoisotopic (exact) mass is 229 g/mol. The molecule has 2 rings (SSSR count). The van der Waals surface area contributed by atoms with E-state index in [1.807, 2.05) is 0 Å². The number of nitrogens with one attached hydrogen (secondary N) is 1. The van der Waals surface area contributed by atoms with Crippen molar-refractivity contribution in [1.29, 1.82) is 0 Å². The second-order valence-electron chi connectivity index (χ2n) is 5.16. The van der Waals surface area contributed by atoms with Crippen molar-refractivity contribution >= 4 is 0 Å². The molecule has 2 aliphatic rings. The first-order valence-electron chi connectivity index (χ1n) is 6.42. The Morgan fingerprint density at radius 1 is 1.31 bits per heavy atom. The molecule has 1 heterocycles. The van der Waals surface area contributed by atoms with Gasteiger partial charge in [0.25, 0.3) is 0 Å². The molecule has 0 bridgehead atoms. The second kappa shape index (κ2) is 5.45. The van der Waals surface area contributed by atoms with Gasteiger partial charge in [0.05, 0.1) is 24.4 Å². The maximum Gasteiger partial charge on any atom is 0.0894 e. The molecule has 2 atom stereocenters. The van der Waals surface area contributed by atoms with Crippen LogP contribution in [0.2, 0.25) is 0 Å². The number of ether oxygens (including phenoxy) is 1. The van der Waals surface area contributed by atoms with Crippen molar-refractivity contribution in [2.24, 2.45) is 0 Å². The fourth-order valence-electron chi connectivity index (χ4n) is 2.90. The maximum absolute atomic E-state index is 9.18. The number of hydrogen-bond acceptors (Lipinski definition) is 4. The van der Waals surface area contributed by atoms with Crippen LogP contribution in [0.3, 0.4) is 0 Å². The molecule has 2 fully saturated rings. The van der Waals surface area contributed by atoms with E-state index in [1.165, 1.54) is 32.1 Å². The number of aliphatic hydroxyl groups excluding tert-OH is 2. The molecule has 3 N–H and O–H groups in total. The molecule has 2 unspecified atom stereocenters. The van der Waals surface area contributed by atoms with Crippen LogP contribution in [0.25, 0.3) is 0 Å². The third kappa shape index (κ3) is 2.94. The molecule has 16 heavy (non-hydrogen) atoms. The molecule has 0 aromatic heterocycles. The van der Waals surface area contributed by atoms with Crippen LogP contribution in [-0.4, -0.2) is 47.7 Å². The van der Waals surface area contributed by atoms with Gasteiger partial charge in [-0.15, -0.1) is 0 Å². The Bertz CT molecular complexity index is 216. The molecule has 94 valence electrons. The van der Waals surface area contributed by atoms with E-state index >= 15 is 0 Å². The summed E-state index contributed by atoms with van der Waals surface area (Å²) in [5, 5.41) is 21.0. The van der Waals surface area contributed by atoms with Gasteiger partial charge in [-0.2, -0.15) is 0 Å². The van der Waals surface area contributed by atoms with Gasteiger partial charge in [-0.1, -0.05) is 12.8 Å². The fourth-order valence-corrected chi connectivity index (χ4v) is 2.90. The van der Waals surface area contributed by atoms with Gasteiger partial charge in [-0.3, -0.25) is 0 Å². The molecule has 0 aromatic rings. The van der Waals surface area contributed by atoms with E-state index in [1.54, 1.807) is 0 Å². The van der Waals surface area contributed by atoms with Crippen LogP contribution in [0, 0.1) is 0 Å². The first kappa shape index (κ1) is 12.3. The minimum atomic E-state index is -0.651. The zero-order valence-corrected chi connectivity index (χ0v) is 9.82. The van der Waals surface area contributed by atoms with Gasteiger partial charge in [0.15, 0.2) is 0 Å². The van der Waals surface area contributed by atoms with E-state index in [4.69, 9.17) is 9.84 Å². The Morgan fingerprint density at radius 2 is 2.06 bits per heavy atom. The highest BCUT2D eigenvalue weighted by atomic mass is 16.5. The predicted molar refractivity (Wildman–Crippen MR) is 61.3 cm³/mol. The number of aliphatic hydroxyl groups is 2. The van der Waals surface area contributed by atoms with Gasteiger partial charge in [-0.25, -0.2) is 0 Å². The van der Waals surface area contributed by atoms with Crippen molar-refractivity contribution in [2.45, 2.75) is 56.3 Å². The van der Waals surface area contributed by atoms with Crippen molar-refractivity contribution in [3.05, 3.63) is 0 Å². The maximum atomic E-state index is 9.18. The Hall–Kier alpha value is -0.160. The van der Waals surface area contributed by atoms with Gasteiger partial charge < -0.3 is 20.3 Å². The highest BCUT2D eigenvalue weighted by molar-refractivity contribution is 4.93. The highest BCUT2D eigenvalue weighted by Gasteiger charge is 2.41. The summed E-state index contributed by atoms with van der Waals surface area (Å²) in [6.07, 6.45) is 7.04. The topological polar surface area (TPSA) is 61.7 Å². The molecule has 0 amide bonds. The third-order valence-corrected chi connectivity index (χ3v) is 3.82. The van der Waals surface area contributed by atoms with Crippen molar-refractivity contribution < 1.29 is 14.9 Å². The minimum Gasteiger partial charge on any atom is -0.394 e. The third-order valence-electron chi connectivity index (χ3n) is 3.82. The van der Waals surface area contributed by atoms with Crippen molar-refractivity contribution in [2.75, 3.05) is 19.7 Å². The Labute approximate surface area is 97.0 Å². The van der Waals surface area contributed by atoms with Crippen LogP contribution >= 0.6 is 0 Å². The summed E-state index contributed by atoms with van der Waals surface area (Å²) in [6.45, 7) is 1.06. The van der Waals surface area contributed by atoms with Crippen LogP contribution in [0.15, 0.2) is 0 Å². The van der Waals surface area contributed by atoms with E-state index in [-0.39, 0.29) is 12.2 Å². The van der Waals surface area contributed by atoms with E-state index < -0.39 is 6.10 Å². The Kier molecular flexibility index (Phi) is 4.19. The molecular weight excluding hydrogens is 206 g/mol. The zero-order valence-electron chi connectivity index (χ0n) is 9.82. The first-order chi connectivity index (χ1) is 7.74. The minimum absolute atomic E-state index is 0.178.